The van der Waals surface area contributed by atoms with E-state index in [1.807, 2.05) is 25.1 Å². The molecule has 0 spiro atoms. The lowest BCUT2D eigenvalue weighted by molar-refractivity contribution is 0.122. The van der Waals surface area contributed by atoms with Crippen molar-refractivity contribution < 1.29 is 9.84 Å². The summed E-state index contributed by atoms with van der Waals surface area (Å²) in [7, 11) is 1.66. The third-order valence-corrected chi connectivity index (χ3v) is 5.10. The maximum absolute atomic E-state index is 12.7. The van der Waals surface area contributed by atoms with E-state index in [-0.39, 0.29) is 18.2 Å². The summed E-state index contributed by atoms with van der Waals surface area (Å²) in [4.78, 5) is 24.0. The Morgan fingerprint density at radius 1 is 1.24 bits per heavy atom. The summed E-state index contributed by atoms with van der Waals surface area (Å²) < 4.78 is 6.84. The molecule has 8 nitrogen and oxygen atoms in total. The van der Waals surface area contributed by atoms with Gasteiger partial charge in [0.2, 0.25) is 0 Å². The van der Waals surface area contributed by atoms with Crippen LogP contribution in [0.1, 0.15) is 6.92 Å². The molecule has 1 fully saturated rings. The minimum absolute atomic E-state index is 0.0672. The number of pyridine rings is 1. The number of benzene rings is 1. The topological polar surface area (TPSA) is 92.5 Å². The summed E-state index contributed by atoms with van der Waals surface area (Å²) in [5.41, 5.74) is 3.20. The smallest absolute Gasteiger partial charge is 0.264 e. The van der Waals surface area contributed by atoms with Gasteiger partial charge in [0.05, 0.1) is 37.4 Å². The van der Waals surface area contributed by atoms with E-state index in [4.69, 9.17) is 9.72 Å². The van der Waals surface area contributed by atoms with Crippen molar-refractivity contribution in [2.45, 2.75) is 13.0 Å². The molecule has 2 aromatic heterocycles. The minimum atomic E-state index is -0.241. The molecule has 2 N–H and O–H groups in total. The lowest BCUT2D eigenvalue weighted by atomic mass is 10.1. The predicted molar refractivity (Wildman–Crippen MR) is 113 cm³/mol. The Bertz CT molecular complexity index is 1060. The molecule has 1 aliphatic heterocycles. The van der Waals surface area contributed by atoms with E-state index in [1.54, 1.807) is 7.05 Å². The number of ether oxygens (including phenoxy) is 1. The second-order valence-corrected chi connectivity index (χ2v) is 7.29. The van der Waals surface area contributed by atoms with E-state index in [9.17, 15) is 9.90 Å². The summed E-state index contributed by atoms with van der Waals surface area (Å²) in [6.07, 6.45) is 1.51. The van der Waals surface area contributed by atoms with E-state index < -0.39 is 0 Å². The molecule has 1 aromatic carbocycles. The molecule has 0 aliphatic carbocycles. The van der Waals surface area contributed by atoms with E-state index in [0.717, 1.165) is 43.2 Å². The number of aliphatic hydroxyl groups excluding tert-OH is 1. The number of fused-ring (bicyclic) bond motifs is 1. The highest BCUT2D eigenvalue weighted by molar-refractivity contribution is 5.91. The van der Waals surface area contributed by atoms with Crippen molar-refractivity contribution in [2.75, 3.05) is 43.1 Å². The second kappa shape index (κ2) is 8.18. The third kappa shape index (κ3) is 3.94. The van der Waals surface area contributed by atoms with E-state index >= 15 is 0 Å². The maximum atomic E-state index is 12.7. The SMILES string of the molecule is CC(CO)Nc1nc(-c2ccc(N3CCOCC3)cc2)cc2ncn(C)c(=O)c12. The van der Waals surface area contributed by atoms with Crippen LogP contribution in [0, 0.1) is 0 Å². The average molecular weight is 395 g/mol. The predicted octanol–water partition coefficient (Wildman–Crippen LogP) is 1.62. The second-order valence-electron chi connectivity index (χ2n) is 7.29. The van der Waals surface area contributed by atoms with Gasteiger partial charge in [-0.15, -0.1) is 0 Å². The van der Waals surface area contributed by atoms with Crippen molar-refractivity contribution in [3.63, 3.8) is 0 Å². The van der Waals surface area contributed by atoms with E-state index in [2.05, 4.69) is 27.3 Å². The molecule has 0 bridgehead atoms. The number of nitrogens with zero attached hydrogens (tertiary/aromatic N) is 4. The highest BCUT2D eigenvalue weighted by atomic mass is 16.5. The van der Waals surface area contributed by atoms with Crippen LogP contribution in [0.3, 0.4) is 0 Å². The molecule has 1 atom stereocenters. The Morgan fingerprint density at radius 3 is 2.66 bits per heavy atom. The molecule has 3 aromatic rings. The summed E-state index contributed by atoms with van der Waals surface area (Å²) in [5, 5.41) is 13.0. The van der Waals surface area contributed by atoms with Crippen LogP contribution < -0.4 is 15.8 Å². The first-order valence-corrected chi connectivity index (χ1v) is 9.73. The van der Waals surface area contributed by atoms with Gasteiger partial charge in [-0.1, -0.05) is 12.1 Å². The van der Waals surface area contributed by atoms with Gasteiger partial charge in [-0.2, -0.15) is 0 Å². The van der Waals surface area contributed by atoms with Crippen molar-refractivity contribution in [1.29, 1.82) is 0 Å². The Hall–Kier alpha value is -2.97. The van der Waals surface area contributed by atoms with Crippen LogP contribution in [0.2, 0.25) is 0 Å². The van der Waals surface area contributed by atoms with Crippen molar-refractivity contribution >= 4 is 22.4 Å². The molecule has 4 rings (SSSR count). The van der Waals surface area contributed by atoms with Gasteiger partial charge in [0, 0.05) is 37.4 Å². The number of nitrogens with one attached hydrogen (secondary N) is 1. The fourth-order valence-electron chi connectivity index (χ4n) is 3.42. The van der Waals surface area contributed by atoms with Crippen molar-refractivity contribution in [3.8, 4) is 11.3 Å². The van der Waals surface area contributed by atoms with Crippen LogP contribution in [0.25, 0.3) is 22.2 Å². The Kier molecular flexibility index (Phi) is 5.46. The van der Waals surface area contributed by atoms with Crippen molar-refractivity contribution in [1.82, 2.24) is 14.5 Å². The van der Waals surface area contributed by atoms with Crippen LogP contribution in [0.4, 0.5) is 11.5 Å². The number of aryl methyl sites for hydroxylation is 1. The van der Waals surface area contributed by atoms with Crippen LogP contribution in [0.15, 0.2) is 41.5 Å². The Morgan fingerprint density at radius 2 is 1.97 bits per heavy atom. The number of hydrogen-bond donors (Lipinski definition) is 2. The summed E-state index contributed by atoms with van der Waals surface area (Å²) in [6, 6.07) is 9.80. The molecule has 8 heteroatoms. The van der Waals surface area contributed by atoms with Crippen molar-refractivity contribution in [2.24, 2.45) is 7.05 Å². The molecule has 0 radical (unpaired) electrons. The largest absolute Gasteiger partial charge is 0.394 e. The standard InChI is InChI=1S/C21H25N5O3/c1-14(12-27)23-20-19-18(22-13-25(2)21(19)28)11-17(24-20)15-3-5-16(6-4-15)26-7-9-29-10-8-26/h3-6,11,13-14,27H,7-10,12H2,1-2H3,(H,23,24). The van der Waals surface area contributed by atoms with Crippen LogP contribution in [0.5, 0.6) is 0 Å². The number of morpholine rings is 1. The van der Waals surface area contributed by atoms with Gasteiger partial charge in [0.15, 0.2) is 0 Å². The fourth-order valence-corrected chi connectivity index (χ4v) is 3.42. The summed E-state index contributed by atoms with van der Waals surface area (Å²) in [5.74, 6) is 0.435. The van der Waals surface area contributed by atoms with Gasteiger partial charge < -0.3 is 24.6 Å². The Balaban J connectivity index is 1.75. The number of anilines is 2. The molecule has 0 amide bonds. The molecule has 1 saturated heterocycles. The molecule has 152 valence electrons. The monoisotopic (exact) mass is 395 g/mol. The molecular formula is C21H25N5O3. The zero-order valence-corrected chi connectivity index (χ0v) is 16.6. The molecule has 0 saturated carbocycles. The van der Waals surface area contributed by atoms with Crippen LogP contribution in [-0.4, -0.2) is 58.6 Å². The fraction of sp³-hybridized carbons (Fsp3) is 0.381. The zero-order chi connectivity index (χ0) is 20.4. The minimum Gasteiger partial charge on any atom is -0.394 e. The van der Waals surface area contributed by atoms with Crippen molar-refractivity contribution in [3.05, 3.63) is 47.0 Å². The van der Waals surface area contributed by atoms with Gasteiger partial charge in [-0.05, 0) is 25.1 Å². The van der Waals surface area contributed by atoms with Gasteiger partial charge in [0.1, 0.15) is 11.2 Å². The molecular weight excluding hydrogens is 370 g/mol. The van der Waals surface area contributed by atoms with Crippen LogP contribution >= 0.6 is 0 Å². The van der Waals surface area contributed by atoms with Gasteiger partial charge in [0.25, 0.3) is 5.56 Å². The number of rotatable bonds is 5. The van der Waals surface area contributed by atoms with E-state index in [1.165, 1.54) is 10.9 Å². The highest BCUT2D eigenvalue weighted by Crippen LogP contribution is 2.27. The highest BCUT2D eigenvalue weighted by Gasteiger charge is 2.16. The first-order valence-electron chi connectivity index (χ1n) is 9.73. The number of aliphatic hydroxyl groups is 1. The number of hydrogen-bond acceptors (Lipinski definition) is 7. The molecule has 1 unspecified atom stereocenters. The average Bonchev–Trinajstić information content (AvgIpc) is 2.76. The van der Waals surface area contributed by atoms with E-state index in [0.29, 0.717) is 16.7 Å². The molecule has 1 aliphatic rings. The third-order valence-electron chi connectivity index (χ3n) is 5.10. The molecule has 29 heavy (non-hydrogen) atoms. The zero-order valence-electron chi connectivity index (χ0n) is 16.6. The van der Waals surface area contributed by atoms with Crippen LogP contribution in [-0.2, 0) is 11.8 Å². The molecule has 3 heterocycles. The quantitative estimate of drug-likeness (QED) is 0.678. The van der Waals surface area contributed by atoms with Gasteiger partial charge in [-0.25, -0.2) is 9.97 Å². The summed E-state index contributed by atoms with van der Waals surface area (Å²) >= 11 is 0. The first kappa shape index (κ1) is 19.4. The van der Waals surface area contributed by atoms with Gasteiger partial charge >= 0.3 is 0 Å². The number of aromatic nitrogens is 3. The first-order chi connectivity index (χ1) is 14.1. The maximum Gasteiger partial charge on any atom is 0.264 e. The normalized spacial score (nSPS) is 15.5. The summed E-state index contributed by atoms with van der Waals surface area (Å²) in [6.45, 7) is 5.02. The Labute approximate surface area is 168 Å². The lowest BCUT2D eigenvalue weighted by Gasteiger charge is -2.28. The van der Waals surface area contributed by atoms with Gasteiger partial charge in [-0.3, -0.25) is 4.79 Å². The lowest BCUT2D eigenvalue weighted by Crippen LogP contribution is -2.36.